The minimum absolute atomic E-state index is 0.00996. The zero-order valence-corrected chi connectivity index (χ0v) is 20.7. The average Bonchev–Trinajstić information content (AvgIpc) is 2.85. The molecular weight excluding hydrogens is 471 g/mol. The molecular formula is C26H31O8P. The summed E-state index contributed by atoms with van der Waals surface area (Å²) < 4.78 is 41.0. The molecule has 0 N–H and O–H groups in total. The number of rotatable bonds is 16. The molecule has 0 saturated heterocycles. The highest BCUT2D eigenvalue weighted by Gasteiger charge is 2.33. The van der Waals surface area contributed by atoms with Crippen LogP contribution in [-0.2, 0) is 18.7 Å². The van der Waals surface area contributed by atoms with E-state index in [0.717, 1.165) is 44.3 Å². The number of hydrogen-bond donors (Lipinski definition) is 0. The van der Waals surface area contributed by atoms with Crippen molar-refractivity contribution in [1.29, 1.82) is 0 Å². The molecule has 0 spiro atoms. The van der Waals surface area contributed by atoms with Gasteiger partial charge in [0.2, 0.25) is 0 Å². The smallest absolute Gasteiger partial charge is 0.419 e. The minimum Gasteiger partial charge on any atom is -0.419 e. The van der Waals surface area contributed by atoms with E-state index >= 15 is 0 Å². The third-order valence-electron chi connectivity index (χ3n) is 4.62. The third-order valence-corrected chi connectivity index (χ3v) is 5.96. The number of ether oxygens (including phenoxy) is 2. The molecule has 8 nitrogen and oxygen atoms in total. The summed E-state index contributed by atoms with van der Waals surface area (Å²) in [7, 11) is -4.32. The molecule has 2 aromatic carbocycles. The largest absolute Gasteiger partial charge is 0.587 e. The van der Waals surface area contributed by atoms with Gasteiger partial charge in [0.1, 0.15) is 0 Å². The highest BCUT2D eigenvalue weighted by molar-refractivity contribution is 7.49. The fourth-order valence-corrected chi connectivity index (χ4v) is 4.17. The first kappa shape index (κ1) is 27.9. The van der Waals surface area contributed by atoms with Gasteiger partial charge in [-0.15, -0.1) is 0 Å². The lowest BCUT2D eigenvalue weighted by molar-refractivity contribution is -0.129. The average molecular weight is 503 g/mol. The van der Waals surface area contributed by atoms with Gasteiger partial charge in [-0.1, -0.05) is 76.5 Å². The van der Waals surface area contributed by atoms with E-state index in [0.29, 0.717) is 6.42 Å². The van der Waals surface area contributed by atoms with Gasteiger partial charge in [-0.25, -0.2) is 14.2 Å². The number of carbonyl (C=O) groups excluding carboxylic acids is 2. The van der Waals surface area contributed by atoms with Crippen LogP contribution < -0.4 is 18.5 Å². The summed E-state index contributed by atoms with van der Waals surface area (Å²) in [5.74, 6) is -1.48. The zero-order chi connectivity index (χ0) is 25.5. The summed E-state index contributed by atoms with van der Waals surface area (Å²) >= 11 is 0. The maximum atomic E-state index is 13.7. The van der Waals surface area contributed by atoms with E-state index in [2.05, 4.69) is 20.1 Å². The molecule has 0 aliphatic heterocycles. The van der Waals surface area contributed by atoms with Gasteiger partial charge in [-0.05, 0) is 30.7 Å². The van der Waals surface area contributed by atoms with Crippen molar-refractivity contribution in [3.63, 3.8) is 0 Å². The lowest BCUT2D eigenvalue weighted by Gasteiger charge is -2.21. The number of hydrogen-bond acceptors (Lipinski definition) is 8. The molecule has 0 atom stereocenters. The second-order valence-corrected chi connectivity index (χ2v) is 8.89. The first-order chi connectivity index (χ1) is 16.9. The highest BCUT2D eigenvalue weighted by atomic mass is 31.2. The summed E-state index contributed by atoms with van der Waals surface area (Å²) in [4.78, 5) is 23.4. The second-order valence-electron chi connectivity index (χ2n) is 7.37. The number of benzene rings is 2. The van der Waals surface area contributed by atoms with Crippen molar-refractivity contribution in [2.24, 2.45) is 0 Å². The van der Waals surface area contributed by atoms with E-state index in [4.69, 9.17) is 23.0 Å². The van der Waals surface area contributed by atoms with E-state index in [1.54, 1.807) is 24.3 Å². The Kier molecular flexibility index (Phi) is 11.8. The van der Waals surface area contributed by atoms with Crippen LogP contribution in [0, 0.1) is 0 Å². The molecule has 9 heteroatoms. The Bertz CT molecular complexity index is 978. The van der Waals surface area contributed by atoms with Crippen molar-refractivity contribution < 1.29 is 37.2 Å². The van der Waals surface area contributed by atoms with Crippen molar-refractivity contribution >= 4 is 19.8 Å². The molecule has 0 heterocycles. The SMILES string of the molecule is C=CC(=O)Oc1ccccc1OP(=O)(OCCCCCCCC)Oc1ccccc1OC(=O)C=C. The Morgan fingerprint density at radius 1 is 0.743 bits per heavy atom. The molecule has 0 aliphatic rings. The molecule has 35 heavy (non-hydrogen) atoms. The van der Waals surface area contributed by atoms with Crippen molar-refractivity contribution in [2.45, 2.75) is 45.4 Å². The van der Waals surface area contributed by atoms with Crippen LogP contribution in [0.3, 0.4) is 0 Å². The molecule has 0 aromatic heterocycles. The Hall–Kier alpha value is -3.35. The first-order valence-electron chi connectivity index (χ1n) is 11.4. The van der Waals surface area contributed by atoms with Gasteiger partial charge in [0.05, 0.1) is 6.61 Å². The predicted octanol–water partition coefficient (Wildman–Crippen LogP) is 6.81. The fourth-order valence-electron chi connectivity index (χ4n) is 2.89. The van der Waals surface area contributed by atoms with Crippen LogP contribution in [0.1, 0.15) is 45.4 Å². The van der Waals surface area contributed by atoms with Crippen LogP contribution in [0.5, 0.6) is 23.0 Å². The van der Waals surface area contributed by atoms with E-state index < -0.39 is 19.8 Å². The Balaban J connectivity index is 2.25. The summed E-state index contributed by atoms with van der Waals surface area (Å²) in [5.41, 5.74) is 0. The fraction of sp³-hybridized carbons (Fsp3) is 0.308. The van der Waals surface area contributed by atoms with Crippen LogP contribution in [0.4, 0.5) is 0 Å². The van der Waals surface area contributed by atoms with Gasteiger partial charge in [0.25, 0.3) is 0 Å². The molecule has 2 rings (SSSR count). The van der Waals surface area contributed by atoms with Crippen molar-refractivity contribution in [3.05, 3.63) is 73.8 Å². The number of para-hydroxylation sites is 4. The Labute approximate surface area is 206 Å². The molecule has 0 fully saturated rings. The summed E-state index contributed by atoms with van der Waals surface area (Å²) in [6.45, 7) is 8.98. The first-order valence-corrected chi connectivity index (χ1v) is 12.9. The van der Waals surface area contributed by atoms with Crippen LogP contribution in [-0.4, -0.2) is 18.5 Å². The van der Waals surface area contributed by atoms with Crippen molar-refractivity contribution in [2.75, 3.05) is 6.61 Å². The standard InChI is InChI=1S/C26H31O8P/c1-4-7-8-9-10-15-20-30-35(29,33-23-18-13-11-16-21(23)31-25(27)5-2)34-24-19-14-12-17-22(24)32-26(28)6-3/h5-6,11-14,16-19H,2-4,7-10,15,20H2,1H3. The monoisotopic (exact) mass is 502 g/mol. The zero-order valence-electron chi connectivity index (χ0n) is 19.9. The van der Waals surface area contributed by atoms with E-state index in [1.807, 2.05) is 0 Å². The van der Waals surface area contributed by atoms with Gasteiger partial charge in [0, 0.05) is 12.2 Å². The van der Waals surface area contributed by atoms with Crippen LogP contribution >= 0.6 is 7.82 Å². The number of esters is 2. The van der Waals surface area contributed by atoms with E-state index in [1.165, 1.54) is 24.3 Å². The predicted molar refractivity (Wildman–Crippen MR) is 133 cm³/mol. The van der Waals surface area contributed by atoms with Crippen molar-refractivity contribution in [3.8, 4) is 23.0 Å². The maximum absolute atomic E-state index is 13.7. The molecule has 188 valence electrons. The van der Waals surface area contributed by atoms with Gasteiger partial charge in [0.15, 0.2) is 23.0 Å². The topological polar surface area (TPSA) is 97.4 Å². The summed E-state index contributed by atoms with van der Waals surface area (Å²) in [6.07, 6.45) is 7.96. The van der Waals surface area contributed by atoms with Gasteiger partial charge in [-0.3, -0.25) is 4.52 Å². The molecule has 0 saturated carbocycles. The van der Waals surface area contributed by atoms with Gasteiger partial charge < -0.3 is 18.5 Å². The second kappa shape index (κ2) is 14.8. The number of carbonyl (C=O) groups is 2. The van der Waals surface area contributed by atoms with E-state index in [-0.39, 0.29) is 29.6 Å². The molecule has 0 amide bonds. The number of phosphoric acid groups is 1. The van der Waals surface area contributed by atoms with Gasteiger partial charge >= 0.3 is 19.8 Å². The quantitative estimate of drug-likeness (QED) is 0.0812. The molecule has 2 aromatic rings. The molecule has 0 aliphatic carbocycles. The number of phosphoric ester groups is 1. The lowest BCUT2D eigenvalue weighted by atomic mass is 10.1. The van der Waals surface area contributed by atoms with E-state index in [9.17, 15) is 14.2 Å². The Morgan fingerprint density at radius 3 is 1.63 bits per heavy atom. The normalized spacial score (nSPS) is 10.8. The van der Waals surface area contributed by atoms with Gasteiger partial charge in [-0.2, -0.15) is 0 Å². The lowest BCUT2D eigenvalue weighted by Crippen LogP contribution is -2.10. The molecule has 0 radical (unpaired) electrons. The summed E-state index contributed by atoms with van der Waals surface area (Å²) in [5, 5.41) is 0. The maximum Gasteiger partial charge on any atom is 0.587 e. The Morgan fingerprint density at radius 2 is 1.17 bits per heavy atom. The van der Waals surface area contributed by atoms with Crippen LogP contribution in [0.2, 0.25) is 0 Å². The van der Waals surface area contributed by atoms with Crippen molar-refractivity contribution in [1.82, 2.24) is 0 Å². The molecule has 0 bridgehead atoms. The van der Waals surface area contributed by atoms with Crippen LogP contribution in [0.15, 0.2) is 73.8 Å². The number of unbranched alkanes of at least 4 members (excludes halogenated alkanes) is 5. The summed E-state index contributed by atoms with van der Waals surface area (Å²) in [6, 6.07) is 12.3. The highest BCUT2D eigenvalue weighted by Crippen LogP contribution is 2.53. The van der Waals surface area contributed by atoms with Crippen LogP contribution in [0.25, 0.3) is 0 Å². The third kappa shape index (κ3) is 9.81. The molecule has 0 unspecified atom stereocenters. The minimum atomic E-state index is -4.32.